The molecule has 0 aromatic heterocycles. The molecule has 0 saturated carbocycles. The van der Waals surface area contributed by atoms with E-state index in [0.717, 1.165) is 12.8 Å². The molecule has 0 aliphatic heterocycles. The lowest BCUT2D eigenvalue weighted by atomic mass is 9.72. The van der Waals surface area contributed by atoms with Gasteiger partial charge in [0.2, 0.25) is 0 Å². The fourth-order valence-electron chi connectivity index (χ4n) is 13.3. The zero-order valence-corrected chi connectivity index (χ0v) is 39.1. The molecule has 1 spiro atoms. The summed E-state index contributed by atoms with van der Waals surface area (Å²) in [7, 11) is 0. The molecule has 0 saturated heterocycles. The zero-order chi connectivity index (χ0) is 44.7. The molecule has 0 bridgehead atoms. The van der Waals surface area contributed by atoms with Crippen LogP contribution in [0.4, 0.5) is 34.1 Å². The van der Waals surface area contributed by atoms with Crippen LogP contribution in [0.3, 0.4) is 0 Å². The predicted octanol–water partition coefficient (Wildman–Crippen LogP) is 16.9. The fraction of sp³-hybridized carbons (Fsp3) is 0.238. The van der Waals surface area contributed by atoms with Gasteiger partial charge < -0.3 is 9.80 Å². The van der Waals surface area contributed by atoms with Crippen molar-refractivity contribution >= 4 is 34.1 Å². The van der Waals surface area contributed by atoms with E-state index in [2.05, 4.69) is 247 Å². The third-order valence-electron chi connectivity index (χ3n) is 16.2. The van der Waals surface area contributed by atoms with Crippen LogP contribution in [0.5, 0.6) is 0 Å². The number of para-hydroxylation sites is 2. The largest absolute Gasteiger partial charge is 0.310 e. The van der Waals surface area contributed by atoms with Crippen LogP contribution in [0.2, 0.25) is 0 Å². The average Bonchev–Trinajstić information content (AvgIpc) is 3.87. The van der Waals surface area contributed by atoms with Crippen molar-refractivity contribution < 1.29 is 0 Å². The smallest absolute Gasteiger partial charge is 0.0465 e. The van der Waals surface area contributed by atoms with E-state index in [9.17, 15) is 0 Å². The topological polar surface area (TPSA) is 6.48 Å². The second-order valence-corrected chi connectivity index (χ2v) is 21.8. The van der Waals surface area contributed by atoms with Gasteiger partial charge in [0.05, 0.1) is 0 Å². The van der Waals surface area contributed by atoms with Gasteiger partial charge >= 0.3 is 0 Å². The molecule has 65 heavy (non-hydrogen) atoms. The molecule has 0 N–H and O–H groups in total. The monoisotopic (exact) mass is 842 g/mol. The molecule has 8 aromatic rings. The maximum absolute atomic E-state index is 2.58. The lowest BCUT2D eigenvalue weighted by molar-refractivity contribution is 0.349. The summed E-state index contributed by atoms with van der Waals surface area (Å²) in [6.07, 6.45) is 2.12. The Balaban J connectivity index is 1.02. The number of rotatable bonds is 6. The molecule has 8 aromatic carbocycles. The minimum Gasteiger partial charge on any atom is -0.310 e. The van der Waals surface area contributed by atoms with Gasteiger partial charge in [-0.2, -0.15) is 0 Å². The zero-order valence-electron chi connectivity index (χ0n) is 39.1. The first-order chi connectivity index (χ1) is 31.2. The number of hydrogen-bond acceptors (Lipinski definition) is 2. The molecule has 0 unspecified atom stereocenters. The Morgan fingerprint density at radius 3 is 1.00 bits per heavy atom. The lowest BCUT2D eigenvalue weighted by Crippen LogP contribution is -2.27. The van der Waals surface area contributed by atoms with E-state index in [0.29, 0.717) is 0 Å². The van der Waals surface area contributed by atoms with Crippen molar-refractivity contribution in [2.75, 3.05) is 9.80 Å². The number of anilines is 6. The number of benzene rings is 8. The van der Waals surface area contributed by atoms with Crippen molar-refractivity contribution in [1.29, 1.82) is 0 Å². The van der Waals surface area contributed by atoms with E-state index in [-0.39, 0.29) is 27.1 Å². The van der Waals surface area contributed by atoms with Crippen LogP contribution in [-0.2, 0) is 27.1 Å². The Morgan fingerprint density at radius 1 is 0.277 bits per heavy atom. The van der Waals surface area contributed by atoms with Gasteiger partial charge in [-0.3, -0.25) is 0 Å². The first-order valence-corrected chi connectivity index (χ1v) is 23.7. The highest BCUT2D eigenvalue weighted by molar-refractivity contribution is 5.88. The SMILES string of the molecule is CC1(C)CC2(CC(C)(C)c3ccc(N(c4ccccc4)c4ccc5c(c4)C(C)(C)c4ccccc4-5)cc32)c2cc(N(c3ccccc3)c3ccc4c(c3)C(C)(C)c3ccccc3-4)ccc21. The highest BCUT2D eigenvalue weighted by atomic mass is 15.1. The molecule has 2 heteroatoms. The summed E-state index contributed by atoms with van der Waals surface area (Å²) in [5, 5.41) is 0. The van der Waals surface area contributed by atoms with Crippen LogP contribution >= 0.6 is 0 Å². The Bertz CT molecular complexity index is 3000. The van der Waals surface area contributed by atoms with E-state index in [1.807, 2.05) is 0 Å². The van der Waals surface area contributed by atoms with Crippen LogP contribution in [-0.4, -0.2) is 0 Å². The minimum absolute atomic E-state index is 0.0117. The van der Waals surface area contributed by atoms with Crippen LogP contribution < -0.4 is 9.80 Å². The molecule has 0 heterocycles. The summed E-state index contributed by atoms with van der Waals surface area (Å²) in [4.78, 5) is 5.00. The Hall–Kier alpha value is -6.64. The van der Waals surface area contributed by atoms with Crippen molar-refractivity contribution in [2.45, 2.75) is 95.3 Å². The molecule has 320 valence electrons. The maximum Gasteiger partial charge on any atom is 0.0465 e. The van der Waals surface area contributed by atoms with Crippen LogP contribution in [0, 0.1) is 0 Å². The molecule has 12 rings (SSSR count). The summed E-state index contributed by atoms with van der Waals surface area (Å²) in [5.74, 6) is 0. The normalized spacial score (nSPS) is 17.7. The van der Waals surface area contributed by atoms with E-state index in [1.165, 1.54) is 101 Å². The summed E-state index contributed by atoms with van der Waals surface area (Å²) < 4.78 is 0. The van der Waals surface area contributed by atoms with E-state index >= 15 is 0 Å². The van der Waals surface area contributed by atoms with Crippen LogP contribution in [0.1, 0.15) is 113 Å². The van der Waals surface area contributed by atoms with Gasteiger partial charge in [-0.05, 0) is 163 Å². The Morgan fingerprint density at radius 2 is 0.600 bits per heavy atom. The molecule has 0 atom stereocenters. The van der Waals surface area contributed by atoms with Crippen LogP contribution in [0.15, 0.2) is 182 Å². The summed E-state index contributed by atoms with van der Waals surface area (Å²) in [5.41, 5.74) is 23.6. The fourth-order valence-corrected chi connectivity index (χ4v) is 13.3. The number of fused-ring (bicyclic) bond motifs is 10. The van der Waals surface area contributed by atoms with Gasteiger partial charge in [0.15, 0.2) is 0 Å². The summed E-state index contributed by atoms with van der Waals surface area (Å²) in [6.45, 7) is 19.4. The van der Waals surface area contributed by atoms with Crippen LogP contribution in [0.25, 0.3) is 22.3 Å². The summed E-state index contributed by atoms with van der Waals surface area (Å²) in [6, 6.07) is 69.1. The second-order valence-electron chi connectivity index (χ2n) is 21.8. The van der Waals surface area contributed by atoms with Gasteiger partial charge in [0.1, 0.15) is 0 Å². The minimum atomic E-state index is -0.169. The van der Waals surface area contributed by atoms with E-state index in [1.54, 1.807) is 0 Å². The first kappa shape index (κ1) is 39.9. The predicted molar refractivity (Wildman–Crippen MR) is 273 cm³/mol. The third-order valence-corrected chi connectivity index (χ3v) is 16.2. The van der Waals surface area contributed by atoms with E-state index < -0.39 is 0 Å². The molecule has 0 amide bonds. The molecule has 2 nitrogen and oxygen atoms in total. The molecule has 0 fully saturated rings. The Labute approximate surface area is 386 Å². The molecular formula is C63H58N2. The van der Waals surface area contributed by atoms with Crippen molar-refractivity contribution in [1.82, 2.24) is 0 Å². The van der Waals surface area contributed by atoms with Gasteiger partial charge in [-0.15, -0.1) is 0 Å². The van der Waals surface area contributed by atoms with Crippen molar-refractivity contribution in [3.63, 3.8) is 0 Å². The van der Waals surface area contributed by atoms with Crippen molar-refractivity contribution in [2.24, 2.45) is 0 Å². The number of hydrogen-bond donors (Lipinski definition) is 0. The number of nitrogens with zero attached hydrogens (tertiary/aromatic N) is 2. The molecule has 4 aliphatic carbocycles. The van der Waals surface area contributed by atoms with Crippen molar-refractivity contribution in [3.8, 4) is 22.3 Å². The molecule has 4 aliphatic rings. The summed E-state index contributed by atoms with van der Waals surface area (Å²) >= 11 is 0. The van der Waals surface area contributed by atoms with Gasteiger partial charge in [0, 0.05) is 50.4 Å². The standard InChI is InChI=1S/C63H58N2/c1-59(2)39-63(57-37-45(29-33-53(57)59)64(41-19-11-9-12-20-41)43-27-31-49-47-23-15-17-25-51(47)61(5,6)55(49)35-43)40-60(3,4)54-34-30-46(38-58(54)63)65(42-21-13-10-14-22-42)44-28-32-50-48-24-16-18-26-52(48)62(7,8)56(50)36-44/h9-38H,39-40H2,1-8H3. The third kappa shape index (κ3) is 5.72. The second kappa shape index (κ2) is 13.7. The lowest BCUT2D eigenvalue weighted by Gasteiger charge is -2.33. The van der Waals surface area contributed by atoms with Gasteiger partial charge in [0.25, 0.3) is 0 Å². The highest BCUT2D eigenvalue weighted by Gasteiger charge is 2.56. The average molecular weight is 843 g/mol. The van der Waals surface area contributed by atoms with E-state index in [4.69, 9.17) is 0 Å². The first-order valence-electron chi connectivity index (χ1n) is 23.7. The molecule has 0 radical (unpaired) electrons. The molecular weight excluding hydrogens is 785 g/mol. The highest BCUT2D eigenvalue weighted by Crippen LogP contribution is 2.64. The maximum atomic E-state index is 2.58. The van der Waals surface area contributed by atoms with Crippen molar-refractivity contribution in [3.05, 3.63) is 226 Å². The quantitative estimate of drug-likeness (QED) is 0.165. The Kier molecular flexibility index (Phi) is 8.41. The van der Waals surface area contributed by atoms with Gasteiger partial charge in [-0.25, -0.2) is 0 Å². The van der Waals surface area contributed by atoms with Gasteiger partial charge in [-0.1, -0.05) is 165 Å².